The third-order valence-electron chi connectivity index (χ3n) is 4.25. The first-order valence-corrected chi connectivity index (χ1v) is 8.63. The molecule has 146 valence electrons. The van der Waals surface area contributed by atoms with E-state index in [1.54, 1.807) is 29.2 Å². The van der Waals surface area contributed by atoms with Crippen molar-refractivity contribution >= 4 is 28.9 Å². The Bertz CT molecular complexity index is 897. The Morgan fingerprint density at radius 1 is 1.25 bits per heavy atom. The number of ether oxygens (including phenoxy) is 2. The molecule has 0 aromatic heterocycles. The van der Waals surface area contributed by atoms with Crippen LogP contribution in [-0.2, 0) is 9.59 Å². The van der Waals surface area contributed by atoms with Gasteiger partial charge in [0.2, 0.25) is 11.7 Å². The molecule has 1 fully saturated rings. The zero-order chi connectivity index (χ0) is 20.1. The molecule has 0 saturated carbocycles. The SMILES string of the molecule is COc1cc(OCC(=O)Nc2ccc(N3CCCC3=O)cc2)ccc1[N+](=O)[O-]. The van der Waals surface area contributed by atoms with Gasteiger partial charge in [0.05, 0.1) is 12.0 Å². The number of nitro groups is 1. The van der Waals surface area contributed by atoms with Gasteiger partial charge in [-0.05, 0) is 36.8 Å². The highest BCUT2D eigenvalue weighted by molar-refractivity contribution is 5.96. The molecule has 1 heterocycles. The van der Waals surface area contributed by atoms with Gasteiger partial charge in [-0.25, -0.2) is 0 Å². The summed E-state index contributed by atoms with van der Waals surface area (Å²) in [6, 6.07) is 11.0. The molecule has 0 unspecified atom stereocenters. The Morgan fingerprint density at radius 2 is 2.00 bits per heavy atom. The van der Waals surface area contributed by atoms with Crippen LogP contribution in [0.5, 0.6) is 11.5 Å². The Hall–Kier alpha value is -3.62. The van der Waals surface area contributed by atoms with Gasteiger partial charge in [-0.2, -0.15) is 0 Å². The monoisotopic (exact) mass is 385 g/mol. The predicted molar refractivity (Wildman–Crippen MR) is 102 cm³/mol. The van der Waals surface area contributed by atoms with Gasteiger partial charge >= 0.3 is 5.69 Å². The lowest BCUT2D eigenvalue weighted by Crippen LogP contribution is -2.23. The lowest BCUT2D eigenvalue weighted by molar-refractivity contribution is -0.385. The Morgan fingerprint density at radius 3 is 2.61 bits per heavy atom. The van der Waals surface area contributed by atoms with Gasteiger partial charge in [0.15, 0.2) is 6.61 Å². The van der Waals surface area contributed by atoms with Gasteiger partial charge in [-0.3, -0.25) is 19.7 Å². The van der Waals surface area contributed by atoms with Crippen LogP contribution in [0.15, 0.2) is 42.5 Å². The maximum Gasteiger partial charge on any atom is 0.311 e. The molecule has 1 aliphatic rings. The molecule has 1 N–H and O–H groups in total. The molecule has 9 nitrogen and oxygen atoms in total. The first-order chi connectivity index (χ1) is 13.5. The average Bonchev–Trinajstić information content (AvgIpc) is 3.12. The first-order valence-electron chi connectivity index (χ1n) is 8.63. The number of carbonyl (C=O) groups is 2. The van der Waals surface area contributed by atoms with E-state index < -0.39 is 4.92 Å². The van der Waals surface area contributed by atoms with Crippen LogP contribution < -0.4 is 19.7 Å². The number of hydrogen-bond donors (Lipinski definition) is 1. The molecule has 0 spiro atoms. The summed E-state index contributed by atoms with van der Waals surface area (Å²) in [7, 11) is 1.32. The van der Waals surface area contributed by atoms with Gasteiger partial charge in [-0.15, -0.1) is 0 Å². The molecule has 2 amide bonds. The van der Waals surface area contributed by atoms with Crippen LogP contribution in [0.2, 0.25) is 0 Å². The number of nitrogens with zero attached hydrogens (tertiary/aromatic N) is 2. The molecule has 0 aliphatic carbocycles. The zero-order valence-electron chi connectivity index (χ0n) is 15.2. The fraction of sp³-hybridized carbons (Fsp3) is 0.263. The smallest absolute Gasteiger partial charge is 0.311 e. The summed E-state index contributed by atoms with van der Waals surface area (Å²) in [5.41, 5.74) is 1.19. The molecule has 0 radical (unpaired) electrons. The highest BCUT2D eigenvalue weighted by Crippen LogP contribution is 2.30. The molecule has 28 heavy (non-hydrogen) atoms. The second kappa shape index (κ2) is 8.38. The van der Waals surface area contributed by atoms with E-state index in [9.17, 15) is 19.7 Å². The number of nitro benzene ring substituents is 1. The number of nitrogens with one attached hydrogen (secondary N) is 1. The van der Waals surface area contributed by atoms with Crippen molar-refractivity contribution in [3.05, 3.63) is 52.6 Å². The topological polar surface area (TPSA) is 111 Å². The van der Waals surface area contributed by atoms with Crippen LogP contribution in [0.3, 0.4) is 0 Å². The Balaban J connectivity index is 1.56. The Labute approximate surface area is 161 Å². The summed E-state index contributed by atoms with van der Waals surface area (Å²) in [6.45, 7) is 0.435. The number of benzene rings is 2. The fourth-order valence-corrected chi connectivity index (χ4v) is 2.89. The van der Waals surface area contributed by atoms with E-state index in [2.05, 4.69) is 5.32 Å². The minimum Gasteiger partial charge on any atom is -0.490 e. The number of methoxy groups -OCH3 is 1. The van der Waals surface area contributed by atoms with Gasteiger partial charge in [0, 0.05) is 36.5 Å². The molecular formula is C19H19N3O6. The normalized spacial score (nSPS) is 13.3. The van der Waals surface area contributed by atoms with Crippen LogP contribution in [0.25, 0.3) is 0 Å². The van der Waals surface area contributed by atoms with Crippen molar-refractivity contribution in [2.75, 3.05) is 30.5 Å². The van der Waals surface area contributed by atoms with E-state index >= 15 is 0 Å². The third-order valence-corrected chi connectivity index (χ3v) is 4.25. The lowest BCUT2D eigenvalue weighted by Gasteiger charge is -2.16. The molecule has 1 aliphatic heterocycles. The van der Waals surface area contributed by atoms with Crippen LogP contribution in [0.1, 0.15) is 12.8 Å². The molecule has 0 atom stereocenters. The summed E-state index contributed by atoms with van der Waals surface area (Å²) in [5.74, 6) is 0.0430. The van der Waals surface area contributed by atoms with Gasteiger partial charge in [0.1, 0.15) is 5.75 Å². The van der Waals surface area contributed by atoms with Gasteiger partial charge in [0.25, 0.3) is 5.91 Å². The number of anilines is 2. The maximum atomic E-state index is 12.1. The number of rotatable bonds is 7. The quantitative estimate of drug-likeness (QED) is 0.579. The average molecular weight is 385 g/mol. The van der Waals surface area contributed by atoms with Crippen molar-refractivity contribution in [3.8, 4) is 11.5 Å². The molecule has 1 saturated heterocycles. The van der Waals surface area contributed by atoms with E-state index in [1.807, 2.05) is 0 Å². The van der Waals surface area contributed by atoms with Crippen LogP contribution in [0.4, 0.5) is 17.1 Å². The van der Waals surface area contributed by atoms with E-state index in [1.165, 1.54) is 25.3 Å². The van der Waals surface area contributed by atoms with Crippen molar-refractivity contribution in [2.45, 2.75) is 12.8 Å². The molecule has 2 aromatic rings. The maximum absolute atomic E-state index is 12.1. The zero-order valence-corrected chi connectivity index (χ0v) is 15.2. The van der Waals surface area contributed by atoms with Crippen LogP contribution in [0, 0.1) is 10.1 Å². The predicted octanol–water partition coefficient (Wildman–Crippen LogP) is 2.75. The van der Waals surface area contributed by atoms with Crippen LogP contribution in [-0.4, -0.2) is 37.0 Å². The second-order valence-electron chi connectivity index (χ2n) is 6.12. The highest BCUT2D eigenvalue weighted by Gasteiger charge is 2.21. The second-order valence-corrected chi connectivity index (χ2v) is 6.12. The van der Waals surface area contributed by atoms with Crippen molar-refractivity contribution in [2.24, 2.45) is 0 Å². The number of carbonyl (C=O) groups excluding carboxylic acids is 2. The summed E-state index contributed by atoms with van der Waals surface area (Å²) in [6.07, 6.45) is 1.41. The standard InChI is InChI=1S/C19H19N3O6/c1-27-17-11-15(8-9-16(17)22(25)26)28-12-18(23)20-13-4-6-14(7-5-13)21-10-2-3-19(21)24/h4-9,11H,2-3,10,12H2,1H3,(H,20,23). The molecular weight excluding hydrogens is 366 g/mol. The number of amides is 2. The minimum atomic E-state index is -0.561. The van der Waals surface area contributed by atoms with E-state index in [0.29, 0.717) is 18.7 Å². The highest BCUT2D eigenvalue weighted by atomic mass is 16.6. The third kappa shape index (κ3) is 4.37. The van der Waals surface area contributed by atoms with Crippen molar-refractivity contribution in [3.63, 3.8) is 0 Å². The van der Waals surface area contributed by atoms with Crippen LogP contribution >= 0.6 is 0 Å². The van der Waals surface area contributed by atoms with E-state index in [4.69, 9.17) is 9.47 Å². The lowest BCUT2D eigenvalue weighted by atomic mass is 10.2. The largest absolute Gasteiger partial charge is 0.490 e. The van der Waals surface area contributed by atoms with Crippen molar-refractivity contribution in [1.29, 1.82) is 0 Å². The minimum absolute atomic E-state index is 0.0509. The first kappa shape index (κ1) is 19.2. The number of hydrogen-bond acceptors (Lipinski definition) is 6. The Kier molecular flexibility index (Phi) is 5.73. The van der Waals surface area contributed by atoms with Gasteiger partial charge < -0.3 is 19.7 Å². The molecule has 3 rings (SSSR count). The van der Waals surface area contributed by atoms with E-state index in [-0.39, 0.29) is 35.6 Å². The molecule has 0 bridgehead atoms. The fourth-order valence-electron chi connectivity index (χ4n) is 2.89. The summed E-state index contributed by atoms with van der Waals surface area (Å²) >= 11 is 0. The summed E-state index contributed by atoms with van der Waals surface area (Å²) < 4.78 is 10.3. The van der Waals surface area contributed by atoms with Crippen molar-refractivity contribution < 1.29 is 24.0 Å². The molecule has 9 heteroatoms. The summed E-state index contributed by atoms with van der Waals surface area (Å²) in [4.78, 5) is 35.9. The van der Waals surface area contributed by atoms with Gasteiger partial charge in [-0.1, -0.05) is 0 Å². The van der Waals surface area contributed by atoms with Crippen molar-refractivity contribution in [1.82, 2.24) is 0 Å². The van der Waals surface area contributed by atoms with E-state index in [0.717, 1.165) is 12.1 Å². The summed E-state index contributed by atoms with van der Waals surface area (Å²) in [5, 5.41) is 13.6. The molecule has 2 aromatic carbocycles.